The van der Waals surface area contributed by atoms with E-state index in [1.54, 1.807) is 35.3 Å². The summed E-state index contributed by atoms with van der Waals surface area (Å²) in [7, 11) is -3.83. The summed E-state index contributed by atoms with van der Waals surface area (Å²) >= 11 is 3.36. The molecule has 68 heavy (non-hydrogen) atoms. The summed E-state index contributed by atoms with van der Waals surface area (Å²) in [6.45, 7) is 26.0. The van der Waals surface area contributed by atoms with Gasteiger partial charge in [0.15, 0.2) is 11.6 Å². The molecule has 0 atom stereocenters. The van der Waals surface area contributed by atoms with Crippen molar-refractivity contribution in [2.45, 2.75) is 97.2 Å². The van der Waals surface area contributed by atoms with Crippen molar-refractivity contribution >= 4 is 89.0 Å². The third kappa shape index (κ3) is 11.6. The minimum absolute atomic E-state index is 0.131. The molecule has 5 heterocycles. The highest BCUT2D eigenvalue weighted by Crippen LogP contribution is 2.42. The fourth-order valence-electron chi connectivity index (χ4n) is 7.31. The smallest absolute Gasteiger partial charge is 0.250 e. The van der Waals surface area contributed by atoms with Crippen LogP contribution in [0, 0.1) is 0 Å². The maximum Gasteiger partial charge on any atom is 0.250 e. The van der Waals surface area contributed by atoms with Gasteiger partial charge in [-0.2, -0.15) is 0 Å². The molecule has 352 valence electrons. The quantitative estimate of drug-likeness (QED) is 0.0855. The van der Waals surface area contributed by atoms with Crippen molar-refractivity contribution < 1.29 is 13.6 Å². The van der Waals surface area contributed by atoms with Gasteiger partial charge in [0, 0.05) is 45.4 Å². The van der Waals surface area contributed by atoms with Gasteiger partial charge < -0.3 is 19.5 Å². The largest absolute Gasteiger partial charge is 0.543 e. The number of benzene rings is 4. The first-order valence-electron chi connectivity index (χ1n) is 23.3. The molecule has 0 radical (unpaired) electrons. The molecule has 0 saturated carbocycles. The fraction of sp³-hybridized carbons (Fsp3) is 0.315. The van der Waals surface area contributed by atoms with E-state index in [0.29, 0.717) is 5.56 Å². The highest BCUT2D eigenvalue weighted by atomic mass is 32.1. The van der Waals surface area contributed by atoms with E-state index in [4.69, 9.17) is 8.85 Å². The van der Waals surface area contributed by atoms with Crippen LogP contribution >= 0.6 is 22.7 Å². The molecule has 1 aliphatic heterocycles. The Hall–Kier alpha value is -5.78. The third-order valence-electron chi connectivity index (χ3n) is 13.3. The van der Waals surface area contributed by atoms with Gasteiger partial charge in [0.05, 0.1) is 20.4 Å². The van der Waals surface area contributed by atoms with Crippen molar-refractivity contribution in [1.82, 2.24) is 24.8 Å². The standard InChI is InChI=1S/C29H36N4OSSi.C25H27N3O2SSi/c1-29(2,3)36(4,5)34-24-10-8-9-23(17-24)32-28-27-25(30-20-31-28)18-26(35-27)22-13-11-21(12-14-22)19-33-15-6-7-16-33;1-25(2,3)32(4,5)30-20-8-6-7-19(13-20)28-24-23-21(26-16-27-24)14-22(31-23)18-11-9-17(15-29)10-12-18/h8-14,17-18,20H,6-7,15-16,19H2,1-5H3,(H,30,31,32);6-16H,1-5H3,(H,26,27,28). The third-order valence-corrected chi connectivity index (χ3v) is 24.4. The van der Waals surface area contributed by atoms with Gasteiger partial charge in [-0.05, 0) is 115 Å². The Kier molecular flexibility index (Phi) is 14.4. The molecule has 10 nitrogen and oxygen atoms in total. The molecule has 14 heteroatoms. The summed E-state index contributed by atoms with van der Waals surface area (Å²) in [5, 5.41) is 7.24. The van der Waals surface area contributed by atoms with E-state index in [-0.39, 0.29) is 10.1 Å². The van der Waals surface area contributed by atoms with E-state index in [2.05, 4.69) is 152 Å². The number of hydrogen-bond acceptors (Lipinski definition) is 12. The molecule has 1 saturated heterocycles. The minimum Gasteiger partial charge on any atom is -0.543 e. The number of likely N-dealkylation sites (tertiary alicyclic amines) is 1. The topological polar surface area (TPSA) is 114 Å². The summed E-state index contributed by atoms with van der Waals surface area (Å²) in [6, 6.07) is 37.0. The molecule has 1 fully saturated rings. The van der Waals surface area contributed by atoms with E-state index in [9.17, 15) is 4.79 Å². The number of rotatable bonds is 13. The number of fused-ring (bicyclic) bond motifs is 2. The van der Waals surface area contributed by atoms with E-state index < -0.39 is 16.6 Å². The highest BCUT2D eigenvalue weighted by Gasteiger charge is 2.40. The van der Waals surface area contributed by atoms with Gasteiger partial charge in [-0.15, -0.1) is 22.7 Å². The lowest BCUT2D eigenvalue weighted by atomic mass is 10.1. The molecule has 2 N–H and O–H groups in total. The second-order valence-electron chi connectivity index (χ2n) is 20.5. The fourth-order valence-corrected chi connectivity index (χ4v) is 11.5. The number of carbonyl (C=O) groups excluding carboxylic acids is 1. The van der Waals surface area contributed by atoms with Crippen LogP contribution in [0.25, 0.3) is 41.3 Å². The zero-order valence-corrected chi connectivity index (χ0v) is 44.6. The minimum atomic E-state index is -1.92. The molecule has 8 aromatic rings. The lowest BCUT2D eigenvalue weighted by Crippen LogP contribution is -2.43. The van der Waals surface area contributed by atoms with Crippen LogP contribution in [0.1, 0.15) is 70.3 Å². The van der Waals surface area contributed by atoms with Crippen molar-refractivity contribution in [2.75, 3.05) is 23.7 Å². The van der Waals surface area contributed by atoms with Gasteiger partial charge >= 0.3 is 0 Å². The molecule has 0 amide bonds. The first kappa shape index (κ1) is 48.7. The Labute approximate surface area is 411 Å². The van der Waals surface area contributed by atoms with Crippen molar-refractivity contribution in [1.29, 1.82) is 0 Å². The lowest BCUT2D eigenvalue weighted by molar-refractivity contribution is 0.112. The average molecular weight is 978 g/mol. The van der Waals surface area contributed by atoms with Crippen molar-refractivity contribution in [3.63, 3.8) is 0 Å². The monoisotopic (exact) mass is 977 g/mol. The summed E-state index contributed by atoms with van der Waals surface area (Å²) in [5.74, 6) is 3.36. The lowest BCUT2D eigenvalue weighted by Gasteiger charge is -2.36. The van der Waals surface area contributed by atoms with E-state index in [1.807, 2.05) is 60.7 Å². The molecular formula is C54H63N7O3S2Si2. The van der Waals surface area contributed by atoms with Crippen LogP contribution in [0.4, 0.5) is 23.0 Å². The van der Waals surface area contributed by atoms with Crippen LogP contribution in [0.5, 0.6) is 11.5 Å². The maximum absolute atomic E-state index is 10.9. The number of aromatic nitrogens is 4. The molecule has 4 aromatic carbocycles. The molecular weight excluding hydrogens is 915 g/mol. The molecule has 0 bridgehead atoms. The Morgan fingerprint density at radius 1 is 0.603 bits per heavy atom. The van der Waals surface area contributed by atoms with Crippen LogP contribution in [0.15, 0.2) is 122 Å². The Morgan fingerprint density at radius 3 is 1.47 bits per heavy atom. The Bertz CT molecular complexity index is 3010. The van der Waals surface area contributed by atoms with Gasteiger partial charge in [-0.3, -0.25) is 9.69 Å². The molecule has 0 aliphatic carbocycles. The van der Waals surface area contributed by atoms with Gasteiger partial charge in [-0.1, -0.05) is 102 Å². The van der Waals surface area contributed by atoms with Gasteiger partial charge in [0.1, 0.15) is 30.4 Å². The molecule has 1 aliphatic rings. The second-order valence-corrected chi connectivity index (χ2v) is 32.1. The summed E-state index contributed by atoms with van der Waals surface area (Å²) in [5.41, 5.74) is 8.05. The van der Waals surface area contributed by atoms with Crippen molar-refractivity contribution in [3.8, 4) is 32.4 Å². The molecule has 0 unspecified atom stereocenters. The van der Waals surface area contributed by atoms with Gasteiger partial charge in [0.25, 0.3) is 0 Å². The van der Waals surface area contributed by atoms with Crippen LogP contribution < -0.4 is 19.5 Å². The number of carbonyl (C=O) groups is 1. The van der Waals surface area contributed by atoms with Gasteiger partial charge in [0.2, 0.25) is 16.6 Å². The number of thiophene rings is 2. The number of nitrogens with one attached hydrogen (secondary N) is 2. The molecule has 9 rings (SSSR count). The number of aldehydes is 1. The van der Waals surface area contributed by atoms with Gasteiger partial charge in [-0.25, -0.2) is 19.9 Å². The second kappa shape index (κ2) is 20.1. The number of anilines is 4. The SMILES string of the molecule is CC(C)(C)[Si](C)(C)Oc1cccc(Nc2ncnc3cc(-c4ccc(C=O)cc4)sc23)c1.CC(C)(C)[Si](C)(C)Oc1cccc(Nc2ncnc3cc(-c4ccc(CN5CCCC5)cc4)sc23)c1. The zero-order chi connectivity index (χ0) is 48.3. The van der Waals surface area contributed by atoms with Crippen LogP contribution in [-0.4, -0.2) is 60.8 Å². The van der Waals surface area contributed by atoms with Crippen LogP contribution in [0.3, 0.4) is 0 Å². The average Bonchev–Trinajstić information content (AvgIpc) is 4.08. The summed E-state index contributed by atoms with van der Waals surface area (Å²) < 4.78 is 15.0. The Morgan fingerprint density at radius 2 is 1.04 bits per heavy atom. The predicted molar refractivity (Wildman–Crippen MR) is 291 cm³/mol. The Balaban J connectivity index is 0.000000185. The number of nitrogens with zero attached hydrogens (tertiary/aromatic N) is 5. The normalized spacial score (nSPS) is 13.6. The van der Waals surface area contributed by atoms with E-state index >= 15 is 0 Å². The first-order chi connectivity index (χ1) is 32.3. The first-order valence-corrected chi connectivity index (χ1v) is 30.8. The van der Waals surface area contributed by atoms with E-state index in [0.717, 1.165) is 78.2 Å². The predicted octanol–water partition coefficient (Wildman–Crippen LogP) is 15.4. The molecule has 0 spiro atoms. The molecule has 4 aromatic heterocycles. The van der Waals surface area contributed by atoms with E-state index in [1.165, 1.54) is 41.9 Å². The van der Waals surface area contributed by atoms with Crippen LogP contribution in [0.2, 0.25) is 36.3 Å². The van der Waals surface area contributed by atoms with Crippen molar-refractivity contribution in [2.24, 2.45) is 0 Å². The zero-order valence-electron chi connectivity index (χ0n) is 40.9. The summed E-state index contributed by atoms with van der Waals surface area (Å²) in [4.78, 5) is 33.8. The van der Waals surface area contributed by atoms with Crippen molar-refractivity contribution in [3.05, 3.63) is 133 Å². The van der Waals surface area contributed by atoms with Crippen LogP contribution in [-0.2, 0) is 6.54 Å². The number of hydrogen-bond donors (Lipinski definition) is 2. The summed E-state index contributed by atoms with van der Waals surface area (Å²) in [6.07, 6.45) is 6.71. The highest BCUT2D eigenvalue weighted by molar-refractivity contribution is 7.23. The maximum atomic E-state index is 10.9.